The lowest BCUT2D eigenvalue weighted by Crippen LogP contribution is -2.28. The lowest BCUT2D eigenvalue weighted by molar-refractivity contribution is -0.146. The molecule has 2 heteroatoms. The van der Waals surface area contributed by atoms with Gasteiger partial charge in [0.1, 0.15) is 0 Å². The number of carboxylic acids is 1. The lowest BCUT2D eigenvalue weighted by Gasteiger charge is -2.24. The molecular formula is C13H24O2. The van der Waals surface area contributed by atoms with Crippen LogP contribution in [0.3, 0.4) is 0 Å². The van der Waals surface area contributed by atoms with Crippen LogP contribution in [0.25, 0.3) is 0 Å². The summed E-state index contributed by atoms with van der Waals surface area (Å²) in [5.41, 5.74) is -0.623. The molecule has 0 aromatic carbocycles. The van der Waals surface area contributed by atoms with Crippen LogP contribution in [0.2, 0.25) is 0 Å². The number of hydrogen-bond donors (Lipinski definition) is 1. The molecule has 0 saturated heterocycles. The molecule has 0 fully saturated rings. The van der Waals surface area contributed by atoms with Gasteiger partial charge in [0.25, 0.3) is 0 Å². The highest BCUT2D eigenvalue weighted by Gasteiger charge is 2.32. The van der Waals surface area contributed by atoms with Gasteiger partial charge < -0.3 is 5.11 Å². The largest absolute Gasteiger partial charge is 0.481 e. The van der Waals surface area contributed by atoms with Gasteiger partial charge in [-0.2, -0.15) is 0 Å². The second-order valence-electron chi connectivity index (χ2n) is 4.13. The fraction of sp³-hybridized carbons (Fsp3) is 0.769. The maximum absolute atomic E-state index is 11.3. The minimum absolute atomic E-state index is 0.623. The van der Waals surface area contributed by atoms with Crippen LogP contribution in [0.15, 0.2) is 12.2 Å². The topological polar surface area (TPSA) is 37.3 Å². The number of rotatable bonds is 8. The van der Waals surface area contributed by atoms with E-state index in [-0.39, 0.29) is 0 Å². The number of carbonyl (C=O) groups is 1. The summed E-state index contributed by atoms with van der Waals surface area (Å²) in [5, 5.41) is 9.26. The highest BCUT2D eigenvalue weighted by atomic mass is 16.4. The molecule has 0 aromatic heterocycles. The molecule has 0 aliphatic carbocycles. The van der Waals surface area contributed by atoms with Crippen molar-refractivity contribution in [2.45, 2.75) is 59.3 Å². The van der Waals surface area contributed by atoms with Crippen LogP contribution in [0.5, 0.6) is 0 Å². The first-order chi connectivity index (χ1) is 7.13. The van der Waals surface area contributed by atoms with Crippen LogP contribution >= 0.6 is 0 Å². The van der Waals surface area contributed by atoms with Crippen LogP contribution in [0, 0.1) is 5.41 Å². The van der Waals surface area contributed by atoms with Gasteiger partial charge >= 0.3 is 5.97 Å². The van der Waals surface area contributed by atoms with E-state index >= 15 is 0 Å². The number of aliphatic carboxylic acids is 1. The van der Waals surface area contributed by atoms with Crippen LogP contribution in [-0.2, 0) is 4.79 Å². The first-order valence-corrected chi connectivity index (χ1v) is 6.00. The highest BCUT2D eigenvalue weighted by molar-refractivity contribution is 5.76. The molecule has 0 aromatic rings. The third-order valence-corrected chi connectivity index (χ3v) is 3.02. The molecule has 0 aliphatic heterocycles. The standard InChI is InChI=1S/C13H24O2/c1-4-7-8-9-11-13(6-3,10-5-2)12(14)15/h5,10H,4,6-9,11H2,1-3H3,(H,14,15). The van der Waals surface area contributed by atoms with Gasteiger partial charge in [-0.05, 0) is 19.8 Å². The first-order valence-electron chi connectivity index (χ1n) is 6.00. The minimum Gasteiger partial charge on any atom is -0.481 e. The second kappa shape index (κ2) is 7.49. The molecule has 0 spiro atoms. The number of carboxylic acid groups (broad SMARTS) is 1. The Balaban J connectivity index is 4.29. The Morgan fingerprint density at radius 2 is 1.93 bits per heavy atom. The third kappa shape index (κ3) is 4.50. The Hall–Kier alpha value is -0.790. The van der Waals surface area contributed by atoms with Crippen LogP contribution in [0.1, 0.15) is 59.3 Å². The van der Waals surface area contributed by atoms with E-state index in [1.165, 1.54) is 12.8 Å². The summed E-state index contributed by atoms with van der Waals surface area (Å²) >= 11 is 0. The molecule has 1 unspecified atom stereocenters. The molecule has 0 amide bonds. The van der Waals surface area contributed by atoms with E-state index in [2.05, 4.69) is 6.92 Å². The molecule has 15 heavy (non-hydrogen) atoms. The SMILES string of the molecule is CC=CC(CC)(CCCCCC)C(=O)O. The van der Waals surface area contributed by atoms with Gasteiger partial charge in [0.2, 0.25) is 0 Å². The number of unbranched alkanes of at least 4 members (excludes halogenated alkanes) is 3. The van der Waals surface area contributed by atoms with E-state index in [9.17, 15) is 9.90 Å². The molecule has 0 heterocycles. The molecule has 2 nitrogen and oxygen atoms in total. The van der Waals surface area contributed by atoms with Gasteiger partial charge in [0.05, 0.1) is 5.41 Å². The summed E-state index contributed by atoms with van der Waals surface area (Å²) < 4.78 is 0. The zero-order chi connectivity index (χ0) is 11.7. The molecule has 0 rings (SSSR count). The van der Waals surface area contributed by atoms with Crippen molar-refractivity contribution in [1.82, 2.24) is 0 Å². The Bertz CT molecular complexity index is 209. The average molecular weight is 212 g/mol. The zero-order valence-corrected chi connectivity index (χ0v) is 10.3. The molecule has 0 radical (unpaired) electrons. The van der Waals surface area contributed by atoms with E-state index in [1.807, 2.05) is 26.0 Å². The average Bonchev–Trinajstić information content (AvgIpc) is 2.22. The van der Waals surface area contributed by atoms with Gasteiger partial charge in [0.15, 0.2) is 0 Å². The van der Waals surface area contributed by atoms with Crippen LogP contribution in [0.4, 0.5) is 0 Å². The molecule has 0 bridgehead atoms. The second-order valence-corrected chi connectivity index (χ2v) is 4.13. The summed E-state index contributed by atoms with van der Waals surface area (Å²) in [6.07, 6.45) is 9.70. The van der Waals surface area contributed by atoms with E-state index in [1.54, 1.807) is 0 Å². The quantitative estimate of drug-likeness (QED) is 0.487. The van der Waals surface area contributed by atoms with Gasteiger partial charge in [-0.25, -0.2) is 0 Å². The predicted octanol–water partition coefficient (Wildman–Crippen LogP) is 4.01. The maximum Gasteiger partial charge on any atom is 0.313 e. The predicted molar refractivity (Wildman–Crippen MR) is 63.9 cm³/mol. The molecule has 0 aliphatic rings. The Morgan fingerprint density at radius 1 is 1.27 bits per heavy atom. The minimum atomic E-state index is -0.681. The van der Waals surface area contributed by atoms with Gasteiger partial charge in [0, 0.05) is 0 Å². The van der Waals surface area contributed by atoms with Crippen molar-refractivity contribution >= 4 is 5.97 Å². The van der Waals surface area contributed by atoms with E-state index in [0.717, 1.165) is 19.3 Å². The fourth-order valence-electron chi connectivity index (χ4n) is 1.89. The van der Waals surface area contributed by atoms with Crippen molar-refractivity contribution in [3.05, 3.63) is 12.2 Å². The monoisotopic (exact) mass is 212 g/mol. The summed E-state index contributed by atoms with van der Waals surface area (Å²) in [6, 6.07) is 0. The Kier molecular flexibility index (Phi) is 7.10. The Morgan fingerprint density at radius 3 is 2.33 bits per heavy atom. The van der Waals surface area contributed by atoms with Gasteiger partial charge in [-0.15, -0.1) is 0 Å². The van der Waals surface area contributed by atoms with Crippen molar-refractivity contribution in [1.29, 1.82) is 0 Å². The first kappa shape index (κ1) is 14.2. The van der Waals surface area contributed by atoms with Crippen LogP contribution < -0.4 is 0 Å². The van der Waals surface area contributed by atoms with Crippen molar-refractivity contribution in [2.24, 2.45) is 5.41 Å². The smallest absolute Gasteiger partial charge is 0.313 e. The fourth-order valence-corrected chi connectivity index (χ4v) is 1.89. The molecule has 1 N–H and O–H groups in total. The van der Waals surface area contributed by atoms with Crippen molar-refractivity contribution in [3.63, 3.8) is 0 Å². The normalized spacial score (nSPS) is 15.4. The van der Waals surface area contributed by atoms with Crippen LogP contribution in [-0.4, -0.2) is 11.1 Å². The van der Waals surface area contributed by atoms with E-state index < -0.39 is 11.4 Å². The molecular weight excluding hydrogens is 188 g/mol. The summed E-state index contributed by atoms with van der Waals surface area (Å²) in [6.45, 7) is 6.00. The van der Waals surface area contributed by atoms with Crippen molar-refractivity contribution < 1.29 is 9.90 Å². The number of allylic oxidation sites excluding steroid dienone is 1. The van der Waals surface area contributed by atoms with Gasteiger partial charge in [-0.1, -0.05) is 51.7 Å². The molecule has 1 atom stereocenters. The van der Waals surface area contributed by atoms with Gasteiger partial charge in [-0.3, -0.25) is 4.79 Å². The number of hydrogen-bond acceptors (Lipinski definition) is 1. The zero-order valence-electron chi connectivity index (χ0n) is 10.3. The molecule has 88 valence electrons. The van der Waals surface area contributed by atoms with Crippen molar-refractivity contribution in [3.8, 4) is 0 Å². The maximum atomic E-state index is 11.3. The van der Waals surface area contributed by atoms with Crippen molar-refractivity contribution in [2.75, 3.05) is 0 Å². The molecule has 0 saturated carbocycles. The highest BCUT2D eigenvalue weighted by Crippen LogP contribution is 2.31. The summed E-state index contributed by atoms with van der Waals surface area (Å²) in [7, 11) is 0. The lowest BCUT2D eigenvalue weighted by atomic mass is 9.79. The summed E-state index contributed by atoms with van der Waals surface area (Å²) in [5.74, 6) is -0.681. The van der Waals surface area contributed by atoms with E-state index in [0.29, 0.717) is 6.42 Å². The summed E-state index contributed by atoms with van der Waals surface area (Å²) in [4.78, 5) is 11.3. The van der Waals surface area contributed by atoms with E-state index in [4.69, 9.17) is 0 Å². The Labute approximate surface area is 93.4 Å². The third-order valence-electron chi connectivity index (χ3n) is 3.02.